The van der Waals surface area contributed by atoms with Crippen molar-refractivity contribution in [3.63, 3.8) is 0 Å². The topological polar surface area (TPSA) is 61.3 Å². The standard InChI is InChI=1S/C17H20BrFN4O/c18-15-4-3-14(19)6-13(15)8-20-16-7-17(22-11-21-16)23-5-1-2-12(9-23)10-24/h3-4,6-7,11-12,24H,1-2,5,8-10H2,(H,20,21,22). The molecule has 1 aromatic carbocycles. The molecule has 0 radical (unpaired) electrons. The number of benzene rings is 1. The fourth-order valence-electron chi connectivity index (χ4n) is 2.90. The summed E-state index contributed by atoms with van der Waals surface area (Å²) in [5.74, 6) is 1.58. The number of aromatic nitrogens is 2. The quantitative estimate of drug-likeness (QED) is 0.815. The lowest BCUT2D eigenvalue weighted by Crippen LogP contribution is -2.37. The molecule has 2 heterocycles. The van der Waals surface area contributed by atoms with Crippen molar-refractivity contribution in [3.8, 4) is 0 Å². The highest BCUT2D eigenvalue weighted by Gasteiger charge is 2.20. The van der Waals surface area contributed by atoms with E-state index in [4.69, 9.17) is 0 Å². The Morgan fingerprint density at radius 2 is 2.21 bits per heavy atom. The van der Waals surface area contributed by atoms with E-state index >= 15 is 0 Å². The number of piperidine rings is 1. The Kier molecular flexibility index (Phi) is 5.63. The van der Waals surface area contributed by atoms with Crippen LogP contribution in [0.2, 0.25) is 0 Å². The molecule has 0 saturated carbocycles. The molecular formula is C17H20BrFN4O. The van der Waals surface area contributed by atoms with E-state index in [-0.39, 0.29) is 12.4 Å². The lowest BCUT2D eigenvalue weighted by Gasteiger charge is -2.32. The SMILES string of the molecule is OCC1CCCN(c2cc(NCc3cc(F)ccc3Br)ncn2)C1. The van der Waals surface area contributed by atoms with Gasteiger partial charge in [0.1, 0.15) is 23.8 Å². The Morgan fingerprint density at radius 1 is 1.33 bits per heavy atom. The highest BCUT2D eigenvalue weighted by molar-refractivity contribution is 9.10. The minimum Gasteiger partial charge on any atom is -0.396 e. The van der Waals surface area contributed by atoms with Crippen LogP contribution in [-0.4, -0.2) is 34.8 Å². The molecule has 7 heteroatoms. The number of aliphatic hydroxyl groups is 1. The van der Waals surface area contributed by atoms with Gasteiger partial charge >= 0.3 is 0 Å². The van der Waals surface area contributed by atoms with Crippen LogP contribution in [0.5, 0.6) is 0 Å². The number of hydrogen-bond donors (Lipinski definition) is 2. The summed E-state index contributed by atoms with van der Waals surface area (Å²) in [6.07, 6.45) is 3.63. The maximum absolute atomic E-state index is 13.3. The lowest BCUT2D eigenvalue weighted by molar-refractivity contribution is 0.208. The first-order valence-electron chi connectivity index (χ1n) is 8.01. The first-order valence-corrected chi connectivity index (χ1v) is 8.80. The van der Waals surface area contributed by atoms with Gasteiger partial charge in [0.15, 0.2) is 0 Å². The Morgan fingerprint density at radius 3 is 3.04 bits per heavy atom. The molecule has 1 unspecified atom stereocenters. The molecule has 128 valence electrons. The van der Waals surface area contributed by atoms with Gasteiger partial charge in [0.2, 0.25) is 0 Å². The summed E-state index contributed by atoms with van der Waals surface area (Å²) in [5.41, 5.74) is 0.827. The summed E-state index contributed by atoms with van der Waals surface area (Å²) in [7, 11) is 0. The van der Waals surface area contributed by atoms with Gasteiger partial charge in [-0.15, -0.1) is 0 Å². The van der Waals surface area contributed by atoms with Gasteiger partial charge in [-0.2, -0.15) is 0 Å². The van der Waals surface area contributed by atoms with Gasteiger partial charge in [-0.05, 0) is 42.5 Å². The van der Waals surface area contributed by atoms with Crippen LogP contribution < -0.4 is 10.2 Å². The Hall–Kier alpha value is -1.73. The second-order valence-electron chi connectivity index (χ2n) is 5.99. The summed E-state index contributed by atoms with van der Waals surface area (Å²) >= 11 is 3.42. The fraction of sp³-hybridized carbons (Fsp3) is 0.412. The Balaban J connectivity index is 1.68. The highest BCUT2D eigenvalue weighted by atomic mass is 79.9. The van der Waals surface area contributed by atoms with Crippen LogP contribution in [0.25, 0.3) is 0 Å². The molecule has 3 rings (SSSR count). The van der Waals surface area contributed by atoms with Crippen LogP contribution in [0.4, 0.5) is 16.0 Å². The van der Waals surface area contributed by atoms with Gasteiger partial charge in [0, 0.05) is 36.8 Å². The summed E-state index contributed by atoms with van der Waals surface area (Å²) < 4.78 is 14.2. The normalized spacial score (nSPS) is 17.8. The minimum atomic E-state index is -0.262. The molecule has 2 aromatic rings. The second kappa shape index (κ2) is 7.90. The predicted octanol–water partition coefficient (Wildman–Crippen LogP) is 3.20. The van der Waals surface area contributed by atoms with E-state index in [2.05, 4.69) is 36.1 Å². The molecule has 0 spiro atoms. The zero-order valence-electron chi connectivity index (χ0n) is 13.3. The van der Waals surface area contributed by atoms with Crippen LogP contribution in [0.3, 0.4) is 0 Å². The lowest BCUT2D eigenvalue weighted by atomic mass is 9.99. The molecule has 2 N–H and O–H groups in total. The smallest absolute Gasteiger partial charge is 0.134 e. The van der Waals surface area contributed by atoms with Gasteiger partial charge in [0.25, 0.3) is 0 Å². The molecular weight excluding hydrogens is 375 g/mol. The first-order chi connectivity index (χ1) is 11.7. The largest absolute Gasteiger partial charge is 0.396 e. The van der Waals surface area contributed by atoms with Crippen molar-refractivity contribution in [3.05, 3.63) is 46.4 Å². The molecule has 1 atom stereocenters. The van der Waals surface area contributed by atoms with E-state index in [0.29, 0.717) is 18.3 Å². The molecule has 1 aromatic heterocycles. The van der Waals surface area contributed by atoms with Crippen molar-refractivity contribution in [1.29, 1.82) is 0 Å². The summed E-state index contributed by atoms with van der Waals surface area (Å²) in [6.45, 7) is 2.42. The summed E-state index contributed by atoms with van der Waals surface area (Å²) in [4.78, 5) is 10.8. The molecule has 1 aliphatic rings. The maximum atomic E-state index is 13.3. The van der Waals surface area contributed by atoms with Crippen molar-refractivity contribution in [1.82, 2.24) is 9.97 Å². The average molecular weight is 395 g/mol. The highest BCUT2D eigenvalue weighted by Crippen LogP contribution is 2.23. The van der Waals surface area contributed by atoms with Gasteiger partial charge in [-0.25, -0.2) is 14.4 Å². The van der Waals surface area contributed by atoms with Crippen LogP contribution in [-0.2, 0) is 6.54 Å². The summed E-state index contributed by atoms with van der Waals surface area (Å²) in [5, 5.41) is 12.6. The van der Waals surface area contributed by atoms with Crippen LogP contribution in [0.15, 0.2) is 35.1 Å². The van der Waals surface area contributed by atoms with Crippen molar-refractivity contribution in [2.45, 2.75) is 19.4 Å². The van der Waals surface area contributed by atoms with Crippen molar-refractivity contribution >= 4 is 27.6 Å². The third kappa shape index (κ3) is 4.21. The summed E-state index contributed by atoms with van der Waals surface area (Å²) in [6, 6.07) is 6.51. The van der Waals surface area contributed by atoms with Crippen molar-refractivity contribution < 1.29 is 9.50 Å². The number of nitrogens with one attached hydrogen (secondary N) is 1. The fourth-order valence-corrected chi connectivity index (χ4v) is 3.29. The van der Waals surface area contributed by atoms with E-state index in [9.17, 15) is 9.50 Å². The van der Waals surface area contributed by atoms with Gasteiger partial charge < -0.3 is 15.3 Å². The molecule has 1 saturated heterocycles. The van der Waals surface area contributed by atoms with E-state index in [1.807, 2.05) is 6.07 Å². The molecule has 5 nitrogen and oxygen atoms in total. The van der Waals surface area contributed by atoms with E-state index in [0.717, 1.165) is 41.8 Å². The third-order valence-corrected chi connectivity index (χ3v) is 5.00. The Bertz CT molecular complexity index is 700. The van der Waals surface area contributed by atoms with Gasteiger partial charge in [-0.3, -0.25) is 0 Å². The van der Waals surface area contributed by atoms with Crippen LogP contribution in [0.1, 0.15) is 18.4 Å². The number of rotatable bonds is 5. The molecule has 1 fully saturated rings. The zero-order valence-corrected chi connectivity index (χ0v) is 14.8. The van der Waals surface area contributed by atoms with Gasteiger partial charge in [-0.1, -0.05) is 15.9 Å². The zero-order chi connectivity index (χ0) is 16.9. The van der Waals surface area contributed by atoms with Crippen LogP contribution >= 0.6 is 15.9 Å². The monoisotopic (exact) mass is 394 g/mol. The first kappa shape index (κ1) is 17.1. The second-order valence-corrected chi connectivity index (χ2v) is 6.84. The molecule has 24 heavy (non-hydrogen) atoms. The Labute approximate surface area is 149 Å². The van der Waals surface area contributed by atoms with E-state index < -0.39 is 0 Å². The van der Waals surface area contributed by atoms with Gasteiger partial charge in [0.05, 0.1) is 0 Å². The van der Waals surface area contributed by atoms with Crippen LogP contribution in [0, 0.1) is 11.7 Å². The maximum Gasteiger partial charge on any atom is 0.134 e. The molecule has 0 amide bonds. The number of hydrogen-bond acceptors (Lipinski definition) is 5. The molecule has 0 bridgehead atoms. The molecule has 1 aliphatic heterocycles. The van der Waals surface area contributed by atoms with E-state index in [1.54, 1.807) is 6.07 Å². The number of nitrogens with zero attached hydrogens (tertiary/aromatic N) is 3. The average Bonchev–Trinajstić information content (AvgIpc) is 2.63. The van der Waals surface area contributed by atoms with Crippen molar-refractivity contribution in [2.75, 3.05) is 29.9 Å². The number of aliphatic hydroxyl groups excluding tert-OH is 1. The number of halogens is 2. The third-order valence-electron chi connectivity index (χ3n) is 4.22. The predicted molar refractivity (Wildman–Crippen MR) is 95.5 cm³/mol. The minimum absolute atomic E-state index is 0.209. The van der Waals surface area contributed by atoms with Crippen molar-refractivity contribution in [2.24, 2.45) is 5.92 Å². The number of anilines is 2. The molecule has 0 aliphatic carbocycles. The van der Waals surface area contributed by atoms with E-state index in [1.165, 1.54) is 18.5 Å².